The second kappa shape index (κ2) is 3.36. The van der Waals surface area contributed by atoms with Gasteiger partial charge in [-0.3, -0.25) is 0 Å². The highest BCUT2D eigenvalue weighted by Crippen LogP contribution is 2.42. The Kier molecular flexibility index (Phi) is 2.36. The van der Waals surface area contributed by atoms with Gasteiger partial charge in [0.2, 0.25) is 5.66 Å². The first-order chi connectivity index (χ1) is 7.40. The van der Waals surface area contributed by atoms with Gasteiger partial charge in [-0.1, -0.05) is 6.07 Å². The lowest BCUT2D eigenvalue weighted by molar-refractivity contribution is -0.165. The number of alkyl halides is 3. The van der Waals surface area contributed by atoms with Crippen LogP contribution in [0.15, 0.2) is 18.2 Å². The van der Waals surface area contributed by atoms with Gasteiger partial charge in [-0.2, -0.15) is 13.2 Å². The van der Waals surface area contributed by atoms with Crippen LogP contribution in [0.5, 0.6) is 5.75 Å². The Labute approximate surface area is 90.6 Å². The monoisotopic (exact) mass is 232 g/mol. The van der Waals surface area contributed by atoms with Gasteiger partial charge in [-0.25, -0.2) is 10.9 Å². The van der Waals surface area contributed by atoms with Crippen LogP contribution in [0.4, 0.5) is 13.2 Å². The van der Waals surface area contributed by atoms with E-state index in [-0.39, 0.29) is 5.56 Å². The highest BCUT2D eigenvalue weighted by molar-refractivity contribution is 5.41. The fourth-order valence-electron chi connectivity index (χ4n) is 1.62. The lowest BCUT2D eigenvalue weighted by Crippen LogP contribution is -2.34. The molecular weight excluding hydrogens is 221 g/mol. The molecule has 1 fully saturated rings. The molecule has 1 saturated heterocycles. The number of halogens is 3. The van der Waals surface area contributed by atoms with Gasteiger partial charge in [0.25, 0.3) is 0 Å². The molecule has 1 aromatic rings. The summed E-state index contributed by atoms with van der Waals surface area (Å²) < 4.78 is 43.2. The number of benzene rings is 1. The molecule has 1 aliphatic rings. The fourth-order valence-corrected chi connectivity index (χ4v) is 1.62. The molecule has 6 heteroatoms. The molecule has 16 heavy (non-hydrogen) atoms. The Hall–Kier alpha value is -1.27. The smallest absolute Gasteiger partial charge is 0.426 e. The van der Waals surface area contributed by atoms with Crippen LogP contribution < -0.4 is 15.6 Å². The number of ether oxygens (including phenoxy) is 1. The van der Waals surface area contributed by atoms with Gasteiger partial charge in [-0.15, -0.1) is 0 Å². The Morgan fingerprint density at radius 2 is 1.88 bits per heavy atom. The van der Waals surface area contributed by atoms with Crippen LogP contribution in [0, 0.1) is 6.92 Å². The summed E-state index contributed by atoms with van der Waals surface area (Å²) in [5.41, 5.74) is 3.02. The standard InChI is InChI=1S/C10H11F3N2O/c1-6-5-7(3-4-8(6)16-2)9(14-15-9)10(11,12)13/h3-5,14-15H,1-2H3. The number of hydrazine groups is 1. The second-order valence-corrected chi connectivity index (χ2v) is 3.68. The highest BCUT2D eigenvalue weighted by Gasteiger charge is 2.65. The summed E-state index contributed by atoms with van der Waals surface area (Å²) >= 11 is 0. The van der Waals surface area contributed by atoms with Gasteiger partial charge in [-0.05, 0) is 30.2 Å². The first-order valence-electron chi connectivity index (χ1n) is 4.67. The fraction of sp³-hybridized carbons (Fsp3) is 0.400. The molecule has 2 N–H and O–H groups in total. The molecule has 0 aliphatic carbocycles. The molecule has 0 bridgehead atoms. The lowest BCUT2D eigenvalue weighted by Gasteiger charge is -2.17. The van der Waals surface area contributed by atoms with Crippen molar-refractivity contribution in [2.24, 2.45) is 0 Å². The number of hydrogen-bond donors (Lipinski definition) is 2. The van der Waals surface area contributed by atoms with E-state index in [1.807, 2.05) is 0 Å². The van der Waals surface area contributed by atoms with Crippen LogP contribution in [0.3, 0.4) is 0 Å². The number of rotatable bonds is 2. The van der Waals surface area contributed by atoms with Crippen LogP contribution in [0.1, 0.15) is 11.1 Å². The van der Waals surface area contributed by atoms with Crippen LogP contribution >= 0.6 is 0 Å². The van der Waals surface area contributed by atoms with Crippen LogP contribution in [0.25, 0.3) is 0 Å². The molecule has 3 nitrogen and oxygen atoms in total. The van der Waals surface area contributed by atoms with Crippen molar-refractivity contribution in [1.29, 1.82) is 0 Å². The number of methoxy groups -OCH3 is 1. The second-order valence-electron chi connectivity index (χ2n) is 3.68. The maximum absolute atomic E-state index is 12.7. The van der Waals surface area contributed by atoms with Crippen molar-refractivity contribution in [3.05, 3.63) is 29.3 Å². The van der Waals surface area contributed by atoms with Gasteiger partial charge in [0, 0.05) is 0 Å². The summed E-state index contributed by atoms with van der Waals surface area (Å²) in [5.74, 6) is 0.571. The topological polar surface area (TPSA) is 53.1 Å². The molecule has 0 unspecified atom stereocenters. The normalized spacial score (nSPS) is 18.3. The number of nitrogens with one attached hydrogen (secondary N) is 2. The van der Waals surface area contributed by atoms with E-state index in [1.165, 1.54) is 25.3 Å². The summed E-state index contributed by atoms with van der Waals surface area (Å²) in [7, 11) is 1.48. The third-order valence-corrected chi connectivity index (χ3v) is 2.63. The molecule has 0 aromatic heterocycles. The molecule has 1 heterocycles. The molecule has 1 aliphatic heterocycles. The molecule has 2 rings (SSSR count). The quantitative estimate of drug-likeness (QED) is 0.765. The van der Waals surface area contributed by atoms with E-state index in [0.717, 1.165) is 0 Å². The SMILES string of the molecule is COc1ccc(C2(C(F)(F)F)NN2)cc1C. The molecular formula is C10H11F3N2O. The van der Waals surface area contributed by atoms with E-state index in [2.05, 4.69) is 10.9 Å². The van der Waals surface area contributed by atoms with Crippen LogP contribution in [-0.4, -0.2) is 13.3 Å². The molecule has 0 spiro atoms. The highest BCUT2D eigenvalue weighted by atomic mass is 19.4. The minimum atomic E-state index is -4.37. The van der Waals surface area contributed by atoms with Crippen molar-refractivity contribution in [2.45, 2.75) is 18.8 Å². The number of hydrogen-bond acceptors (Lipinski definition) is 3. The van der Waals surface area contributed by atoms with Crippen molar-refractivity contribution in [2.75, 3.05) is 7.11 Å². The molecule has 0 atom stereocenters. The van der Waals surface area contributed by atoms with Crippen molar-refractivity contribution in [3.63, 3.8) is 0 Å². The van der Waals surface area contributed by atoms with Gasteiger partial charge in [0.15, 0.2) is 0 Å². The third-order valence-electron chi connectivity index (χ3n) is 2.63. The van der Waals surface area contributed by atoms with Gasteiger partial charge >= 0.3 is 6.18 Å². The van der Waals surface area contributed by atoms with E-state index < -0.39 is 11.8 Å². The predicted molar refractivity (Wildman–Crippen MR) is 51.7 cm³/mol. The maximum Gasteiger partial charge on any atom is 0.426 e. The Morgan fingerprint density at radius 3 is 2.25 bits per heavy atom. The lowest BCUT2D eigenvalue weighted by atomic mass is 10.0. The average molecular weight is 232 g/mol. The zero-order valence-corrected chi connectivity index (χ0v) is 8.77. The molecule has 0 amide bonds. The van der Waals surface area contributed by atoms with Crippen molar-refractivity contribution >= 4 is 0 Å². The molecule has 88 valence electrons. The van der Waals surface area contributed by atoms with E-state index in [9.17, 15) is 13.2 Å². The Bertz CT molecular complexity index is 413. The molecule has 0 saturated carbocycles. The summed E-state index contributed by atoms with van der Waals surface area (Å²) in [5, 5.41) is 0. The largest absolute Gasteiger partial charge is 0.496 e. The molecule has 1 aromatic carbocycles. The van der Waals surface area contributed by atoms with Crippen molar-refractivity contribution in [1.82, 2.24) is 10.9 Å². The Morgan fingerprint density at radius 1 is 1.25 bits per heavy atom. The van der Waals surface area contributed by atoms with Crippen molar-refractivity contribution < 1.29 is 17.9 Å². The van der Waals surface area contributed by atoms with Gasteiger partial charge < -0.3 is 4.74 Å². The first-order valence-corrected chi connectivity index (χ1v) is 4.67. The van der Waals surface area contributed by atoms with E-state index in [4.69, 9.17) is 4.74 Å². The van der Waals surface area contributed by atoms with Gasteiger partial charge in [0.05, 0.1) is 7.11 Å². The summed E-state index contributed by atoms with van der Waals surface area (Å²) in [6.45, 7) is 1.70. The summed E-state index contributed by atoms with van der Waals surface area (Å²) in [4.78, 5) is 0. The summed E-state index contributed by atoms with van der Waals surface area (Å²) in [6.07, 6.45) is -4.37. The van der Waals surface area contributed by atoms with Crippen molar-refractivity contribution in [3.8, 4) is 5.75 Å². The van der Waals surface area contributed by atoms with E-state index >= 15 is 0 Å². The number of aryl methyl sites for hydroxylation is 1. The predicted octanol–water partition coefficient (Wildman–Crippen LogP) is 1.83. The zero-order valence-electron chi connectivity index (χ0n) is 8.77. The van der Waals surface area contributed by atoms with Crippen LogP contribution in [-0.2, 0) is 5.66 Å². The summed E-state index contributed by atoms with van der Waals surface area (Å²) in [6, 6.07) is 4.38. The molecule has 0 radical (unpaired) electrons. The third kappa shape index (κ3) is 1.54. The Balaban J connectivity index is 2.39. The van der Waals surface area contributed by atoms with E-state index in [1.54, 1.807) is 6.92 Å². The average Bonchev–Trinajstić information content (AvgIpc) is 2.97. The van der Waals surface area contributed by atoms with Crippen LogP contribution in [0.2, 0.25) is 0 Å². The first kappa shape index (κ1) is 11.2. The zero-order chi connectivity index (χ0) is 12.0. The maximum atomic E-state index is 12.7. The minimum absolute atomic E-state index is 0.137. The minimum Gasteiger partial charge on any atom is -0.496 e. The van der Waals surface area contributed by atoms with Gasteiger partial charge in [0.1, 0.15) is 5.75 Å². The van der Waals surface area contributed by atoms with E-state index in [0.29, 0.717) is 11.3 Å².